The molecule has 2 aromatic carbocycles. The molecule has 1 unspecified atom stereocenters. The van der Waals surface area contributed by atoms with Crippen LogP contribution in [0.15, 0.2) is 54.6 Å². The van der Waals surface area contributed by atoms with Crippen molar-refractivity contribution in [2.45, 2.75) is 12.5 Å². The molecule has 0 amide bonds. The molecule has 1 aliphatic heterocycles. The molecule has 3 aromatic rings. The largest absolute Gasteiger partial charge is 0.369 e. The summed E-state index contributed by atoms with van der Waals surface area (Å²) in [6, 6.07) is 19.0. The summed E-state index contributed by atoms with van der Waals surface area (Å²) in [5, 5.41) is 9.43. The van der Waals surface area contributed by atoms with Crippen molar-refractivity contribution in [3.63, 3.8) is 0 Å². The molecule has 1 atom stereocenters. The van der Waals surface area contributed by atoms with Crippen LogP contribution < -0.4 is 5.32 Å². The Morgan fingerprint density at radius 1 is 1.00 bits per heavy atom. The normalized spacial score (nSPS) is 18.0. The van der Waals surface area contributed by atoms with Crippen LogP contribution >= 0.6 is 0 Å². The Labute approximate surface area is 111 Å². The average Bonchev–Trinajstić information content (AvgIpc) is 2.86. The Hall–Kier alpha value is -2.29. The summed E-state index contributed by atoms with van der Waals surface area (Å²) in [5.41, 5.74) is 2.44. The van der Waals surface area contributed by atoms with Crippen LogP contribution in [-0.2, 0) is 6.54 Å². The van der Waals surface area contributed by atoms with Crippen LogP contribution in [0.25, 0.3) is 10.9 Å². The van der Waals surface area contributed by atoms with Gasteiger partial charge < -0.3 is 5.32 Å². The van der Waals surface area contributed by atoms with Crippen molar-refractivity contribution in [2.75, 3.05) is 11.9 Å². The fraction of sp³-hybridized carbons (Fsp3) is 0.188. The van der Waals surface area contributed by atoms with E-state index in [1.54, 1.807) is 0 Å². The quantitative estimate of drug-likeness (QED) is 0.717. The highest BCUT2D eigenvalue weighted by molar-refractivity contribution is 5.90. The van der Waals surface area contributed by atoms with Crippen molar-refractivity contribution < 1.29 is 0 Å². The van der Waals surface area contributed by atoms with E-state index in [0.717, 1.165) is 24.4 Å². The third-order valence-corrected chi connectivity index (χ3v) is 3.83. The van der Waals surface area contributed by atoms with E-state index in [0.29, 0.717) is 5.92 Å². The molecule has 1 N–H and O–H groups in total. The minimum atomic E-state index is 0.489. The van der Waals surface area contributed by atoms with E-state index in [1.165, 1.54) is 10.9 Å². The fourth-order valence-electron chi connectivity index (χ4n) is 2.84. The van der Waals surface area contributed by atoms with Gasteiger partial charge in [0.2, 0.25) is 0 Å². The lowest BCUT2D eigenvalue weighted by atomic mass is 9.98. The van der Waals surface area contributed by atoms with Crippen molar-refractivity contribution in [3.05, 3.63) is 60.2 Å². The Balaban J connectivity index is 1.74. The second-order valence-electron chi connectivity index (χ2n) is 5.04. The molecule has 0 saturated carbocycles. The van der Waals surface area contributed by atoms with Gasteiger partial charge in [0.05, 0.1) is 12.1 Å². The third-order valence-electron chi connectivity index (χ3n) is 3.83. The summed E-state index contributed by atoms with van der Waals surface area (Å²) in [7, 11) is 0. The molecular weight excluding hydrogens is 234 g/mol. The summed E-state index contributed by atoms with van der Waals surface area (Å²) in [4.78, 5) is 0. The monoisotopic (exact) mass is 249 g/mol. The molecule has 0 aliphatic carbocycles. The number of rotatable bonds is 1. The van der Waals surface area contributed by atoms with Gasteiger partial charge in [0.15, 0.2) is 0 Å². The molecular formula is C16H15N3. The Kier molecular flexibility index (Phi) is 2.30. The topological polar surface area (TPSA) is 29.9 Å². The van der Waals surface area contributed by atoms with Gasteiger partial charge in [-0.05, 0) is 17.7 Å². The van der Waals surface area contributed by atoms with Crippen LogP contribution in [0.1, 0.15) is 11.5 Å². The zero-order valence-corrected chi connectivity index (χ0v) is 10.6. The van der Waals surface area contributed by atoms with Crippen LogP contribution in [0.5, 0.6) is 0 Å². The Morgan fingerprint density at radius 2 is 1.79 bits per heavy atom. The number of fused-ring (bicyclic) bond motifs is 3. The first kappa shape index (κ1) is 10.6. The molecule has 94 valence electrons. The zero-order valence-electron chi connectivity index (χ0n) is 10.6. The van der Waals surface area contributed by atoms with Crippen molar-refractivity contribution in [2.24, 2.45) is 0 Å². The van der Waals surface area contributed by atoms with E-state index >= 15 is 0 Å². The van der Waals surface area contributed by atoms with E-state index in [4.69, 9.17) is 0 Å². The second-order valence-corrected chi connectivity index (χ2v) is 5.04. The summed E-state index contributed by atoms with van der Waals surface area (Å²) in [5.74, 6) is 1.64. The summed E-state index contributed by atoms with van der Waals surface area (Å²) in [6.07, 6.45) is 0. The van der Waals surface area contributed by atoms with E-state index in [9.17, 15) is 0 Å². The van der Waals surface area contributed by atoms with Gasteiger partial charge in [-0.2, -0.15) is 5.10 Å². The summed E-state index contributed by atoms with van der Waals surface area (Å²) >= 11 is 0. The highest BCUT2D eigenvalue weighted by Crippen LogP contribution is 2.30. The molecule has 1 aromatic heterocycles. The maximum absolute atomic E-state index is 4.68. The molecule has 3 nitrogen and oxygen atoms in total. The molecule has 0 saturated heterocycles. The first-order valence-electron chi connectivity index (χ1n) is 6.66. The molecule has 2 heterocycles. The number of nitrogens with zero attached hydrogens (tertiary/aromatic N) is 2. The van der Waals surface area contributed by atoms with Gasteiger partial charge in [0.25, 0.3) is 0 Å². The van der Waals surface area contributed by atoms with E-state index in [2.05, 4.69) is 63.6 Å². The van der Waals surface area contributed by atoms with Gasteiger partial charge in [-0.25, -0.2) is 4.68 Å². The first-order chi connectivity index (χ1) is 9.42. The summed E-state index contributed by atoms with van der Waals surface area (Å²) in [6.45, 7) is 1.92. The van der Waals surface area contributed by atoms with Crippen LogP contribution in [0.4, 0.5) is 5.82 Å². The third kappa shape index (κ3) is 1.70. The Morgan fingerprint density at radius 3 is 2.68 bits per heavy atom. The zero-order chi connectivity index (χ0) is 12.7. The van der Waals surface area contributed by atoms with Crippen molar-refractivity contribution in [1.82, 2.24) is 9.78 Å². The number of nitrogens with one attached hydrogen (secondary N) is 1. The predicted octanol–water partition coefficient (Wildman–Crippen LogP) is 3.25. The van der Waals surface area contributed by atoms with E-state index in [-0.39, 0.29) is 0 Å². The van der Waals surface area contributed by atoms with E-state index in [1.807, 2.05) is 6.07 Å². The number of hydrogen-bond acceptors (Lipinski definition) is 2. The smallest absolute Gasteiger partial charge is 0.132 e. The van der Waals surface area contributed by atoms with Crippen LogP contribution in [0.2, 0.25) is 0 Å². The number of anilines is 1. The van der Waals surface area contributed by atoms with Crippen LogP contribution in [0, 0.1) is 0 Å². The van der Waals surface area contributed by atoms with E-state index < -0.39 is 0 Å². The lowest BCUT2D eigenvalue weighted by Gasteiger charge is -2.25. The summed E-state index contributed by atoms with van der Waals surface area (Å²) < 4.78 is 2.10. The van der Waals surface area contributed by atoms with Gasteiger partial charge in [-0.1, -0.05) is 42.5 Å². The SMILES string of the molecule is c1ccc(C2CNc3c4ccccc4nn3C2)cc1. The molecule has 0 bridgehead atoms. The maximum Gasteiger partial charge on any atom is 0.132 e. The number of benzene rings is 2. The van der Waals surface area contributed by atoms with Gasteiger partial charge in [0.1, 0.15) is 5.82 Å². The molecule has 1 aliphatic rings. The lowest BCUT2D eigenvalue weighted by molar-refractivity contribution is 0.509. The first-order valence-corrected chi connectivity index (χ1v) is 6.66. The fourth-order valence-corrected chi connectivity index (χ4v) is 2.84. The molecule has 0 fully saturated rings. The van der Waals surface area contributed by atoms with Gasteiger partial charge in [0, 0.05) is 17.8 Å². The highest BCUT2D eigenvalue weighted by Gasteiger charge is 2.22. The molecule has 0 spiro atoms. The minimum absolute atomic E-state index is 0.489. The minimum Gasteiger partial charge on any atom is -0.369 e. The second kappa shape index (κ2) is 4.12. The van der Waals surface area contributed by atoms with Crippen LogP contribution in [-0.4, -0.2) is 16.3 Å². The van der Waals surface area contributed by atoms with Crippen LogP contribution in [0.3, 0.4) is 0 Å². The van der Waals surface area contributed by atoms with Crippen molar-refractivity contribution in [3.8, 4) is 0 Å². The highest BCUT2D eigenvalue weighted by atomic mass is 15.3. The molecule has 3 heteroatoms. The molecule has 0 radical (unpaired) electrons. The van der Waals surface area contributed by atoms with Crippen molar-refractivity contribution >= 4 is 16.7 Å². The maximum atomic E-state index is 4.68. The van der Waals surface area contributed by atoms with Gasteiger partial charge in [-0.3, -0.25) is 0 Å². The lowest BCUT2D eigenvalue weighted by Crippen LogP contribution is -2.26. The average molecular weight is 249 g/mol. The Bertz CT molecular complexity index is 715. The number of aromatic nitrogens is 2. The predicted molar refractivity (Wildman–Crippen MR) is 77.4 cm³/mol. The molecule has 19 heavy (non-hydrogen) atoms. The van der Waals surface area contributed by atoms with Gasteiger partial charge >= 0.3 is 0 Å². The standard InChI is InChI=1S/C16H15N3/c1-2-6-12(7-3-1)13-10-17-16-14-8-4-5-9-15(14)18-19(16)11-13/h1-9,13,17H,10-11H2. The molecule has 4 rings (SSSR count). The van der Waals surface area contributed by atoms with Crippen molar-refractivity contribution in [1.29, 1.82) is 0 Å². The van der Waals surface area contributed by atoms with Gasteiger partial charge in [-0.15, -0.1) is 0 Å². The number of hydrogen-bond donors (Lipinski definition) is 1.